The number of ether oxygens (including phenoxy) is 1. The van der Waals surface area contributed by atoms with Crippen LogP contribution in [0.5, 0.6) is 5.75 Å². The Morgan fingerprint density at radius 3 is 2.52 bits per heavy atom. The standard InChI is InChI=1S/C16H18N2O3/c1-11-14(16(19)20)7-8-15(18-11)17-10-9-12-3-5-13(21-2)6-4-12/h3-8H,9-10H2,1-2H3,(H,17,18)(H,19,20). The van der Waals surface area contributed by atoms with Crippen molar-refractivity contribution in [3.8, 4) is 5.75 Å². The number of methoxy groups -OCH3 is 1. The van der Waals surface area contributed by atoms with Crippen molar-refractivity contribution in [1.82, 2.24) is 4.98 Å². The summed E-state index contributed by atoms with van der Waals surface area (Å²) < 4.78 is 5.11. The summed E-state index contributed by atoms with van der Waals surface area (Å²) in [6.07, 6.45) is 0.853. The number of carbonyl (C=O) groups is 1. The lowest BCUT2D eigenvalue weighted by Crippen LogP contribution is -2.09. The number of aryl methyl sites for hydroxylation is 1. The number of carboxylic acids is 1. The van der Waals surface area contributed by atoms with Crippen molar-refractivity contribution in [2.75, 3.05) is 19.0 Å². The van der Waals surface area contributed by atoms with Gasteiger partial charge in [-0.05, 0) is 43.2 Å². The van der Waals surface area contributed by atoms with Crippen molar-refractivity contribution in [3.63, 3.8) is 0 Å². The Bertz CT molecular complexity index is 624. The second kappa shape index (κ2) is 6.74. The van der Waals surface area contributed by atoms with E-state index in [4.69, 9.17) is 9.84 Å². The number of pyridine rings is 1. The number of hydrogen-bond donors (Lipinski definition) is 2. The number of nitrogens with one attached hydrogen (secondary N) is 1. The molecule has 0 radical (unpaired) electrons. The molecule has 0 aliphatic rings. The molecule has 0 bridgehead atoms. The molecule has 0 aliphatic heterocycles. The Morgan fingerprint density at radius 2 is 1.95 bits per heavy atom. The minimum absolute atomic E-state index is 0.232. The Kier molecular flexibility index (Phi) is 4.77. The molecule has 21 heavy (non-hydrogen) atoms. The average molecular weight is 286 g/mol. The van der Waals surface area contributed by atoms with Gasteiger partial charge in [-0.15, -0.1) is 0 Å². The first-order valence-corrected chi connectivity index (χ1v) is 6.68. The lowest BCUT2D eigenvalue weighted by atomic mass is 10.1. The van der Waals surface area contributed by atoms with Gasteiger partial charge in [-0.3, -0.25) is 0 Å². The van der Waals surface area contributed by atoms with E-state index in [-0.39, 0.29) is 5.56 Å². The predicted molar refractivity (Wildman–Crippen MR) is 81.1 cm³/mol. The number of rotatable bonds is 6. The van der Waals surface area contributed by atoms with E-state index in [0.29, 0.717) is 11.5 Å². The maximum atomic E-state index is 10.9. The zero-order valence-electron chi connectivity index (χ0n) is 12.1. The summed E-state index contributed by atoms with van der Waals surface area (Å²) in [5.74, 6) is 0.573. The fourth-order valence-electron chi connectivity index (χ4n) is 2.01. The van der Waals surface area contributed by atoms with Gasteiger partial charge in [0, 0.05) is 6.54 Å². The van der Waals surface area contributed by atoms with Crippen molar-refractivity contribution < 1.29 is 14.6 Å². The van der Waals surface area contributed by atoms with Gasteiger partial charge in [0.15, 0.2) is 0 Å². The Hall–Kier alpha value is -2.56. The smallest absolute Gasteiger partial charge is 0.337 e. The molecule has 2 aromatic rings. The second-order valence-corrected chi connectivity index (χ2v) is 4.66. The molecule has 1 aromatic heterocycles. The van der Waals surface area contributed by atoms with Crippen LogP contribution >= 0.6 is 0 Å². The Balaban J connectivity index is 1.91. The summed E-state index contributed by atoms with van der Waals surface area (Å²) in [6, 6.07) is 11.2. The summed E-state index contributed by atoms with van der Waals surface area (Å²) in [7, 11) is 1.64. The maximum Gasteiger partial charge on any atom is 0.337 e. The highest BCUT2D eigenvalue weighted by Crippen LogP contribution is 2.13. The van der Waals surface area contributed by atoms with Crippen molar-refractivity contribution >= 4 is 11.8 Å². The monoisotopic (exact) mass is 286 g/mol. The number of anilines is 1. The van der Waals surface area contributed by atoms with Gasteiger partial charge in [0.25, 0.3) is 0 Å². The Morgan fingerprint density at radius 1 is 1.24 bits per heavy atom. The van der Waals surface area contributed by atoms with Crippen LogP contribution in [0.2, 0.25) is 0 Å². The lowest BCUT2D eigenvalue weighted by molar-refractivity contribution is 0.0695. The SMILES string of the molecule is COc1ccc(CCNc2ccc(C(=O)O)c(C)n2)cc1. The highest BCUT2D eigenvalue weighted by Gasteiger charge is 2.08. The largest absolute Gasteiger partial charge is 0.497 e. The van der Waals surface area contributed by atoms with Crippen LogP contribution in [0, 0.1) is 6.92 Å². The first-order valence-electron chi connectivity index (χ1n) is 6.68. The molecule has 0 saturated carbocycles. The fraction of sp³-hybridized carbons (Fsp3) is 0.250. The van der Waals surface area contributed by atoms with Crippen LogP contribution in [0.4, 0.5) is 5.82 Å². The van der Waals surface area contributed by atoms with Crippen LogP contribution in [0.3, 0.4) is 0 Å². The van der Waals surface area contributed by atoms with Gasteiger partial charge in [0.2, 0.25) is 0 Å². The maximum absolute atomic E-state index is 10.9. The van der Waals surface area contributed by atoms with E-state index in [2.05, 4.69) is 10.3 Å². The number of aromatic nitrogens is 1. The third-order valence-electron chi connectivity index (χ3n) is 3.20. The van der Waals surface area contributed by atoms with E-state index < -0.39 is 5.97 Å². The highest BCUT2D eigenvalue weighted by molar-refractivity contribution is 5.89. The molecule has 0 amide bonds. The van der Waals surface area contributed by atoms with Gasteiger partial charge in [-0.2, -0.15) is 0 Å². The summed E-state index contributed by atoms with van der Waals surface area (Å²) in [5.41, 5.74) is 1.94. The predicted octanol–water partition coefficient (Wildman–Crippen LogP) is 2.75. The summed E-state index contributed by atoms with van der Waals surface area (Å²) >= 11 is 0. The van der Waals surface area contributed by atoms with Crippen LogP contribution in [0.15, 0.2) is 36.4 Å². The number of nitrogens with zero attached hydrogens (tertiary/aromatic N) is 1. The van der Waals surface area contributed by atoms with Gasteiger partial charge < -0.3 is 15.2 Å². The van der Waals surface area contributed by atoms with E-state index in [1.165, 1.54) is 5.56 Å². The molecule has 5 nitrogen and oxygen atoms in total. The van der Waals surface area contributed by atoms with Crippen LogP contribution in [0.25, 0.3) is 0 Å². The molecule has 0 fully saturated rings. The first kappa shape index (κ1) is 14.8. The van der Waals surface area contributed by atoms with Crippen molar-refractivity contribution in [2.24, 2.45) is 0 Å². The third-order valence-corrected chi connectivity index (χ3v) is 3.20. The van der Waals surface area contributed by atoms with Crippen molar-refractivity contribution in [3.05, 3.63) is 53.2 Å². The van der Waals surface area contributed by atoms with Crippen LogP contribution in [0.1, 0.15) is 21.6 Å². The number of hydrogen-bond acceptors (Lipinski definition) is 4. The van der Waals surface area contributed by atoms with Gasteiger partial charge in [0.05, 0.1) is 18.4 Å². The molecule has 0 aliphatic carbocycles. The van der Waals surface area contributed by atoms with E-state index >= 15 is 0 Å². The topological polar surface area (TPSA) is 71.5 Å². The van der Waals surface area contributed by atoms with Gasteiger partial charge in [0.1, 0.15) is 11.6 Å². The summed E-state index contributed by atoms with van der Waals surface area (Å²) in [4.78, 5) is 15.2. The molecule has 0 unspecified atom stereocenters. The van der Waals surface area contributed by atoms with Crippen LogP contribution in [-0.4, -0.2) is 29.7 Å². The van der Waals surface area contributed by atoms with E-state index in [1.807, 2.05) is 24.3 Å². The Labute approximate surface area is 123 Å². The van der Waals surface area contributed by atoms with Crippen LogP contribution < -0.4 is 10.1 Å². The van der Waals surface area contributed by atoms with Crippen molar-refractivity contribution in [1.29, 1.82) is 0 Å². The first-order chi connectivity index (χ1) is 10.1. The summed E-state index contributed by atoms with van der Waals surface area (Å²) in [6.45, 7) is 2.42. The molecule has 2 rings (SSSR count). The molecule has 5 heteroatoms. The molecule has 110 valence electrons. The van der Waals surface area contributed by atoms with E-state index in [0.717, 1.165) is 18.7 Å². The molecule has 1 heterocycles. The highest BCUT2D eigenvalue weighted by atomic mass is 16.5. The summed E-state index contributed by atoms with van der Waals surface area (Å²) in [5, 5.41) is 12.1. The molecule has 1 aromatic carbocycles. The average Bonchev–Trinajstić information content (AvgIpc) is 2.47. The lowest BCUT2D eigenvalue weighted by Gasteiger charge is -2.08. The molecule has 0 atom stereocenters. The molecule has 0 saturated heterocycles. The zero-order valence-corrected chi connectivity index (χ0v) is 12.1. The van der Waals surface area contributed by atoms with Crippen LogP contribution in [-0.2, 0) is 6.42 Å². The van der Waals surface area contributed by atoms with Gasteiger partial charge in [-0.25, -0.2) is 9.78 Å². The van der Waals surface area contributed by atoms with E-state index in [9.17, 15) is 4.79 Å². The second-order valence-electron chi connectivity index (χ2n) is 4.66. The van der Waals surface area contributed by atoms with E-state index in [1.54, 1.807) is 26.2 Å². The minimum Gasteiger partial charge on any atom is -0.497 e. The zero-order chi connectivity index (χ0) is 15.2. The van der Waals surface area contributed by atoms with Gasteiger partial charge in [-0.1, -0.05) is 12.1 Å². The molecule has 0 spiro atoms. The number of benzene rings is 1. The van der Waals surface area contributed by atoms with Crippen molar-refractivity contribution in [2.45, 2.75) is 13.3 Å². The fourth-order valence-corrected chi connectivity index (χ4v) is 2.01. The van der Waals surface area contributed by atoms with Gasteiger partial charge >= 0.3 is 5.97 Å². The quantitative estimate of drug-likeness (QED) is 0.854. The normalized spacial score (nSPS) is 10.2. The number of aromatic carboxylic acids is 1. The third kappa shape index (κ3) is 3.95. The number of carboxylic acid groups (broad SMARTS) is 1. The molecule has 2 N–H and O–H groups in total. The minimum atomic E-state index is -0.954. The molecular weight excluding hydrogens is 268 g/mol. The molecular formula is C16H18N2O3.